The first kappa shape index (κ1) is 18.1. The molecule has 1 amide bonds. The number of nitrogens with one attached hydrogen (secondary N) is 1. The van der Waals surface area contributed by atoms with Gasteiger partial charge in [-0.05, 0) is 37.3 Å². The van der Waals surface area contributed by atoms with E-state index in [1.54, 1.807) is 25.4 Å². The Kier molecular flexibility index (Phi) is 5.29. The molecule has 3 rings (SSSR count). The van der Waals surface area contributed by atoms with Crippen LogP contribution in [0, 0.1) is 5.92 Å². The Morgan fingerprint density at radius 1 is 1.44 bits per heavy atom. The number of ether oxygens (including phenoxy) is 1. The second-order valence-electron chi connectivity index (χ2n) is 7.62. The van der Waals surface area contributed by atoms with Gasteiger partial charge in [-0.25, -0.2) is 4.98 Å². The fraction of sp³-hybridized carbons (Fsp3) is 0.684. The molecule has 2 aliphatic heterocycles. The number of nitrogens with zero attached hydrogens (tertiary/aromatic N) is 2. The third kappa shape index (κ3) is 3.80. The topological polar surface area (TPSA) is 74.7 Å². The van der Waals surface area contributed by atoms with E-state index < -0.39 is 0 Å². The molecule has 2 N–H and O–H groups in total. The number of aliphatic hydroxyl groups excluding tert-OH is 1. The quantitative estimate of drug-likeness (QED) is 0.877. The molecule has 6 nitrogen and oxygen atoms in total. The summed E-state index contributed by atoms with van der Waals surface area (Å²) >= 11 is 0. The maximum Gasteiger partial charge on any atom is 0.257 e. The third-order valence-corrected chi connectivity index (χ3v) is 5.49. The summed E-state index contributed by atoms with van der Waals surface area (Å²) in [5.74, 6) is 1.00. The van der Waals surface area contributed by atoms with Crippen molar-refractivity contribution < 1.29 is 14.6 Å². The molecule has 6 heteroatoms. The minimum atomic E-state index is -0.308. The van der Waals surface area contributed by atoms with Crippen LogP contribution < -0.4 is 5.32 Å². The molecule has 2 aliphatic rings. The number of anilines is 1. The normalized spacial score (nSPS) is 26.0. The van der Waals surface area contributed by atoms with Gasteiger partial charge in [-0.15, -0.1) is 0 Å². The van der Waals surface area contributed by atoms with Gasteiger partial charge < -0.3 is 20.1 Å². The first-order valence-electron chi connectivity index (χ1n) is 9.22. The number of aliphatic hydroxyl groups is 1. The van der Waals surface area contributed by atoms with Crippen molar-refractivity contribution in [3.63, 3.8) is 0 Å². The summed E-state index contributed by atoms with van der Waals surface area (Å²) in [6.45, 7) is 5.57. The highest BCUT2D eigenvalue weighted by Crippen LogP contribution is 2.39. The fourth-order valence-corrected chi connectivity index (χ4v) is 3.99. The number of hydrogen-bond donors (Lipinski definition) is 2. The van der Waals surface area contributed by atoms with Crippen molar-refractivity contribution in [3.05, 3.63) is 23.9 Å². The molecule has 1 aromatic heterocycles. The number of hydrogen-bond acceptors (Lipinski definition) is 5. The fourth-order valence-electron chi connectivity index (χ4n) is 3.99. The van der Waals surface area contributed by atoms with Crippen molar-refractivity contribution in [1.29, 1.82) is 0 Å². The first-order valence-corrected chi connectivity index (χ1v) is 9.22. The molecule has 1 spiro atoms. The van der Waals surface area contributed by atoms with E-state index in [9.17, 15) is 9.90 Å². The van der Waals surface area contributed by atoms with E-state index in [-0.39, 0.29) is 23.7 Å². The molecule has 138 valence electrons. The van der Waals surface area contributed by atoms with Crippen LogP contribution in [0.2, 0.25) is 0 Å². The van der Waals surface area contributed by atoms with Crippen LogP contribution in [0.4, 0.5) is 5.82 Å². The predicted molar refractivity (Wildman–Crippen MR) is 96.6 cm³/mol. The maximum absolute atomic E-state index is 12.8. The number of piperidine rings is 1. The lowest BCUT2D eigenvalue weighted by molar-refractivity contribution is -0.190. The van der Waals surface area contributed by atoms with Gasteiger partial charge in [0.15, 0.2) is 0 Å². The average molecular weight is 347 g/mol. The van der Waals surface area contributed by atoms with Crippen molar-refractivity contribution in [1.82, 2.24) is 9.88 Å². The van der Waals surface area contributed by atoms with Gasteiger partial charge in [0, 0.05) is 32.8 Å². The van der Waals surface area contributed by atoms with E-state index in [1.807, 2.05) is 4.90 Å². The Balaban J connectivity index is 1.68. The minimum Gasteiger partial charge on any atom is -0.393 e. The van der Waals surface area contributed by atoms with Crippen LogP contribution in [0.3, 0.4) is 0 Å². The predicted octanol–water partition coefficient (Wildman–Crippen LogP) is 2.29. The van der Waals surface area contributed by atoms with Crippen LogP contribution in [0.25, 0.3) is 0 Å². The number of rotatable bonds is 3. The Bertz CT molecular complexity index is 612. The summed E-state index contributed by atoms with van der Waals surface area (Å²) in [6.07, 6.45) is 4.40. The lowest BCUT2D eigenvalue weighted by Crippen LogP contribution is -2.54. The number of likely N-dealkylation sites (tertiary alicyclic amines) is 1. The highest BCUT2D eigenvalue weighted by Gasteiger charge is 2.44. The van der Waals surface area contributed by atoms with E-state index >= 15 is 0 Å². The van der Waals surface area contributed by atoms with Crippen LogP contribution >= 0.6 is 0 Å². The summed E-state index contributed by atoms with van der Waals surface area (Å²) in [4.78, 5) is 18.9. The molecule has 1 aromatic rings. The second-order valence-corrected chi connectivity index (χ2v) is 7.62. The number of aromatic nitrogens is 1. The van der Waals surface area contributed by atoms with E-state index in [2.05, 4.69) is 24.1 Å². The van der Waals surface area contributed by atoms with Crippen molar-refractivity contribution in [2.24, 2.45) is 5.92 Å². The van der Waals surface area contributed by atoms with E-state index in [1.165, 1.54) is 0 Å². The van der Waals surface area contributed by atoms with E-state index in [4.69, 9.17) is 4.74 Å². The first-order chi connectivity index (χ1) is 11.9. The highest BCUT2D eigenvalue weighted by molar-refractivity contribution is 5.98. The molecule has 0 radical (unpaired) electrons. The van der Waals surface area contributed by atoms with Gasteiger partial charge in [0.1, 0.15) is 5.82 Å². The van der Waals surface area contributed by atoms with Gasteiger partial charge in [-0.1, -0.05) is 13.8 Å². The van der Waals surface area contributed by atoms with Crippen LogP contribution in [0.1, 0.15) is 49.9 Å². The molecule has 3 heterocycles. The van der Waals surface area contributed by atoms with Crippen molar-refractivity contribution in [2.45, 2.75) is 57.3 Å². The zero-order chi connectivity index (χ0) is 18.0. The third-order valence-electron chi connectivity index (χ3n) is 5.49. The zero-order valence-corrected chi connectivity index (χ0v) is 15.4. The number of carbonyl (C=O) groups excluding carboxylic acids is 1. The Morgan fingerprint density at radius 3 is 2.80 bits per heavy atom. The van der Waals surface area contributed by atoms with Crippen LogP contribution in [0.15, 0.2) is 18.3 Å². The Labute approximate surface area is 149 Å². The average Bonchev–Trinajstić information content (AvgIpc) is 2.61. The molecular weight excluding hydrogens is 318 g/mol. The Hall–Kier alpha value is -1.66. The van der Waals surface area contributed by atoms with Gasteiger partial charge >= 0.3 is 0 Å². The van der Waals surface area contributed by atoms with Crippen molar-refractivity contribution >= 4 is 11.7 Å². The molecule has 0 aromatic carbocycles. The number of pyridine rings is 1. The molecule has 2 saturated heterocycles. The molecule has 25 heavy (non-hydrogen) atoms. The Morgan fingerprint density at radius 2 is 2.16 bits per heavy atom. The van der Waals surface area contributed by atoms with Gasteiger partial charge in [0.25, 0.3) is 5.91 Å². The van der Waals surface area contributed by atoms with Crippen LogP contribution in [-0.4, -0.2) is 58.8 Å². The molecule has 0 bridgehead atoms. The van der Waals surface area contributed by atoms with E-state index in [0.717, 1.165) is 12.8 Å². The van der Waals surface area contributed by atoms with Crippen LogP contribution in [-0.2, 0) is 4.74 Å². The SMILES string of the molecule is CNc1ncccc1C(=O)N1CCC2(CC1)C[C@H](O)C[C@H](C(C)C)O2. The summed E-state index contributed by atoms with van der Waals surface area (Å²) in [5.41, 5.74) is 0.315. The van der Waals surface area contributed by atoms with Crippen molar-refractivity contribution in [2.75, 3.05) is 25.5 Å². The van der Waals surface area contributed by atoms with Crippen LogP contribution in [0.5, 0.6) is 0 Å². The molecule has 0 unspecified atom stereocenters. The molecule has 2 atom stereocenters. The monoisotopic (exact) mass is 347 g/mol. The summed E-state index contributed by atoms with van der Waals surface area (Å²) in [5, 5.41) is 13.3. The smallest absolute Gasteiger partial charge is 0.257 e. The zero-order valence-electron chi connectivity index (χ0n) is 15.4. The molecule has 0 saturated carbocycles. The summed E-state index contributed by atoms with van der Waals surface area (Å²) in [7, 11) is 1.77. The van der Waals surface area contributed by atoms with Gasteiger partial charge in [0.05, 0.1) is 23.4 Å². The molecule has 0 aliphatic carbocycles. The maximum atomic E-state index is 12.8. The standard InChI is InChI=1S/C19H29N3O3/c1-13(2)16-11-14(23)12-19(25-16)6-9-22(10-7-19)18(24)15-5-4-8-21-17(15)20-3/h4-5,8,13-14,16,23H,6-7,9-12H2,1-3H3,(H,20,21)/t14-,16-/m1/s1. The highest BCUT2D eigenvalue weighted by atomic mass is 16.5. The van der Waals surface area contributed by atoms with Gasteiger partial charge in [0.2, 0.25) is 0 Å². The lowest BCUT2D eigenvalue weighted by atomic mass is 9.80. The van der Waals surface area contributed by atoms with Gasteiger partial charge in [-0.2, -0.15) is 0 Å². The lowest BCUT2D eigenvalue weighted by Gasteiger charge is -2.48. The van der Waals surface area contributed by atoms with Crippen molar-refractivity contribution in [3.8, 4) is 0 Å². The summed E-state index contributed by atoms with van der Waals surface area (Å²) in [6, 6.07) is 3.59. The number of amides is 1. The van der Waals surface area contributed by atoms with Gasteiger partial charge in [-0.3, -0.25) is 4.79 Å². The molecule has 2 fully saturated rings. The number of carbonyl (C=O) groups is 1. The molecular formula is C19H29N3O3. The summed E-state index contributed by atoms with van der Waals surface area (Å²) < 4.78 is 6.40. The van der Waals surface area contributed by atoms with E-state index in [0.29, 0.717) is 43.2 Å². The second kappa shape index (κ2) is 7.30. The minimum absolute atomic E-state index is 0.00377. The largest absolute Gasteiger partial charge is 0.393 e.